The highest BCUT2D eigenvalue weighted by molar-refractivity contribution is 6.67. The largest absolute Gasteiger partial charge is 0.500 e. The molecule has 1 saturated heterocycles. The first-order valence-electron chi connectivity index (χ1n) is 25.4. The highest BCUT2D eigenvalue weighted by atomic mass is 35.5. The van der Waals surface area contributed by atoms with Crippen LogP contribution in [0.4, 0.5) is 0 Å². The van der Waals surface area contributed by atoms with Crippen LogP contribution in [0, 0.1) is 0 Å². The molecule has 14 nitrogen and oxygen atoms in total. The molecule has 1 fully saturated rings. The number of ether oxygens (including phenoxy) is 1. The Hall–Kier alpha value is -4.28. The highest BCUT2D eigenvalue weighted by Crippen LogP contribution is 2.18. The molecule has 1 amide bonds. The van der Waals surface area contributed by atoms with Gasteiger partial charge in [0.25, 0.3) is 11.1 Å². The van der Waals surface area contributed by atoms with E-state index in [4.69, 9.17) is 49.3 Å². The Morgan fingerprint density at radius 1 is 0.644 bits per heavy atom. The number of rotatable bonds is 25. The zero-order chi connectivity index (χ0) is 53.8. The Labute approximate surface area is 446 Å². The lowest BCUT2D eigenvalue weighted by Gasteiger charge is -2.28. The Bertz CT molecular complexity index is 1930. The number of hydrogen-bond donors (Lipinski definition) is 3. The van der Waals surface area contributed by atoms with Gasteiger partial charge in [-0.1, -0.05) is 113 Å². The fraction of sp³-hybridized carbons (Fsp3) is 0.500. The molecule has 4 aromatic rings. The van der Waals surface area contributed by atoms with Gasteiger partial charge in [0.05, 0.1) is 0 Å². The fourth-order valence-electron chi connectivity index (χ4n) is 6.57. The smallest absolute Gasteiger partial charge is 0.400 e. The molecular weight excluding hydrogens is 982 g/mol. The fourth-order valence-corrected chi connectivity index (χ4v) is 10.8. The van der Waals surface area contributed by atoms with E-state index in [0.29, 0.717) is 72.2 Å². The number of nitrogens with two attached hydrogens (primary N) is 1. The van der Waals surface area contributed by atoms with Crippen molar-refractivity contribution in [2.24, 2.45) is 5.73 Å². The van der Waals surface area contributed by atoms with Crippen molar-refractivity contribution in [2.45, 2.75) is 101 Å². The van der Waals surface area contributed by atoms with Crippen LogP contribution in [0.2, 0.25) is 12.1 Å². The van der Waals surface area contributed by atoms with E-state index in [2.05, 4.69) is 31.0 Å². The molecule has 0 bridgehead atoms. The molecule has 17 heteroatoms. The second-order valence-corrected chi connectivity index (χ2v) is 20.8. The van der Waals surface area contributed by atoms with Gasteiger partial charge in [0.15, 0.2) is 11.6 Å². The molecule has 0 aromatic heterocycles. The molecule has 0 aliphatic carbocycles. The van der Waals surface area contributed by atoms with E-state index < -0.39 is 23.3 Å². The molecule has 4 aromatic carbocycles. The molecule has 4 N–H and O–H groups in total. The van der Waals surface area contributed by atoms with Gasteiger partial charge in [-0.3, -0.25) is 19.2 Å². The maximum Gasteiger partial charge on any atom is 0.500 e. The molecule has 410 valence electrons. The van der Waals surface area contributed by atoms with Crippen molar-refractivity contribution in [3.63, 3.8) is 0 Å². The van der Waals surface area contributed by atoms with Crippen molar-refractivity contribution in [3.05, 3.63) is 143 Å². The Balaban J connectivity index is 0. The molecular formula is C56H90ClN3O11Si2. The highest BCUT2D eigenvalue weighted by Gasteiger charge is 2.39. The summed E-state index contributed by atoms with van der Waals surface area (Å²) in [5.41, 5.74) is 8.58. The van der Waals surface area contributed by atoms with E-state index in [1.54, 1.807) is 86.8 Å². The second-order valence-electron chi connectivity index (χ2n) is 15.5. The van der Waals surface area contributed by atoms with E-state index in [-0.39, 0.29) is 31.5 Å². The summed E-state index contributed by atoms with van der Waals surface area (Å²) in [6.07, 6.45) is 4.27. The van der Waals surface area contributed by atoms with Gasteiger partial charge in [0.2, 0.25) is 0 Å². The van der Waals surface area contributed by atoms with Crippen molar-refractivity contribution in [2.75, 3.05) is 86.1 Å². The number of benzene rings is 4. The number of ketones is 2. The van der Waals surface area contributed by atoms with E-state index in [9.17, 15) is 19.2 Å². The maximum absolute atomic E-state index is 12.5. The zero-order valence-corrected chi connectivity index (χ0v) is 47.5. The van der Waals surface area contributed by atoms with Crippen LogP contribution in [0.1, 0.15) is 141 Å². The zero-order valence-electron chi connectivity index (χ0n) is 44.6. The predicted octanol–water partition coefficient (Wildman–Crippen LogP) is 10.4. The van der Waals surface area contributed by atoms with Crippen molar-refractivity contribution in [1.82, 2.24) is 10.2 Å². The lowest BCUT2D eigenvalue weighted by Crippen LogP contribution is -2.46. The molecule has 73 heavy (non-hydrogen) atoms. The molecule has 0 spiro atoms. The molecule has 1 atom stereocenters. The number of aliphatic hydroxyl groups is 1. The average Bonchev–Trinajstić information content (AvgIpc) is 4.02. The van der Waals surface area contributed by atoms with Crippen LogP contribution in [0.3, 0.4) is 0 Å². The lowest BCUT2D eigenvalue weighted by atomic mass is 10.0. The number of halogens is 1. The maximum atomic E-state index is 12.5. The summed E-state index contributed by atoms with van der Waals surface area (Å²) in [6.45, 7) is 25.4. The summed E-state index contributed by atoms with van der Waals surface area (Å²) >= 11 is 5.33. The third-order valence-corrected chi connectivity index (χ3v) is 15.8. The Kier molecular flexibility index (Phi) is 44.9. The van der Waals surface area contributed by atoms with Crippen LogP contribution in [-0.4, -0.2) is 137 Å². The molecule has 1 aliphatic heterocycles. The van der Waals surface area contributed by atoms with Crippen molar-refractivity contribution in [3.8, 4) is 0 Å². The van der Waals surface area contributed by atoms with Crippen molar-refractivity contribution < 1.29 is 51.2 Å². The topological polar surface area (TPSA) is 185 Å². The van der Waals surface area contributed by atoms with Crippen LogP contribution in [-0.2, 0) is 26.9 Å². The van der Waals surface area contributed by atoms with Gasteiger partial charge in [-0.2, -0.15) is 0 Å². The quantitative estimate of drug-likeness (QED) is 0.0247. The molecule has 1 heterocycles. The first-order chi connectivity index (χ1) is 34.8. The Morgan fingerprint density at radius 2 is 1.04 bits per heavy atom. The first kappa shape index (κ1) is 70.8. The predicted molar refractivity (Wildman–Crippen MR) is 302 cm³/mol. The minimum absolute atomic E-state index is 0. The third kappa shape index (κ3) is 31.9. The van der Waals surface area contributed by atoms with Crippen LogP contribution in [0.5, 0.6) is 0 Å². The van der Waals surface area contributed by atoms with Crippen LogP contribution < -0.4 is 11.1 Å². The van der Waals surface area contributed by atoms with Crippen LogP contribution in [0.25, 0.3) is 0 Å². The molecule has 1 aliphatic rings. The first-order valence-corrected chi connectivity index (χ1v) is 29.5. The minimum Gasteiger partial charge on any atom is -0.400 e. The number of nitrogens with zero attached hydrogens (tertiary/aromatic N) is 1. The monoisotopic (exact) mass is 1070 g/mol. The average molecular weight is 1070 g/mol. The number of carbonyl (C=O) groups excluding carboxylic acids is 4. The van der Waals surface area contributed by atoms with Gasteiger partial charge in [-0.05, 0) is 128 Å². The lowest BCUT2D eigenvalue weighted by molar-refractivity contribution is 0.0704. The molecule has 1 unspecified atom stereocenters. The van der Waals surface area contributed by atoms with Gasteiger partial charge < -0.3 is 47.9 Å². The van der Waals surface area contributed by atoms with E-state index in [1.165, 1.54) is 32.5 Å². The van der Waals surface area contributed by atoms with Crippen molar-refractivity contribution >= 4 is 52.4 Å². The summed E-state index contributed by atoms with van der Waals surface area (Å²) in [7, 11) is -2.29. The van der Waals surface area contributed by atoms with Crippen LogP contribution >= 0.6 is 11.6 Å². The van der Waals surface area contributed by atoms with Crippen LogP contribution in [0.15, 0.2) is 109 Å². The number of aliphatic hydroxyl groups excluding tert-OH is 1. The normalized spacial score (nSPS) is 11.7. The van der Waals surface area contributed by atoms with Gasteiger partial charge in [-0.25, -0.2) is 0 Å². The summed E-state index contributed by atoms with van der Waals surface area (Å²) in [5.74, 6) is -0.309. The van der Waals surface area contributed by atoms with Gasteiger partial charge in [-0.15, -0.1) is 0 Å². The van der Waals surface area contributed by atoms with Gasteiger partial charge >= 0.3 is 18.1 Å². The molecule has 0 radical (unpaired) electrons. The standard InChI is InChI=1S/C23H31NO5Si.C14H9ClO2.C6H17NO2Si.C6H15N.C4H8O.C2H6O.CH4/c1-4-27-30(28-5-2,29-6-3)18-10-17-24-23(26)21-15-13-20(14-16-21)22(25)19-11-8-7-9-12-19;15-14(17)12-8-6-11(7-9-12)13(16)10-4-2-1-3-5-10;1-3-9-10(8-2)6-4-5-7;1-4-7(5-2)6-3;1-2-4-5-3-1;1-2-3;/h7-9,11-16H,4-6,10,17-18H2,1-3H3,(H,24,26);1-9H;10H,3-7H2,1-2H3;4-6H2,1-3H3;1-4H2;3H,2H2,1H3;1H4. The van der Waals surface area contributed by atoms with Crippen molar-refractivity contribution in [1.29, 1.82) is 0 Å². The molecule has 5 rings (SSSR count). The molecule has 0 saturated carbocycles. The number of hydrogen-bond acceptors (Lipinski definition) is 13. The Morgan fingerprint density at radius 3 is 1.36 bits per heavy atom. The second kappa shape index (κ2) is 46.3. The minimum atomic E-state index is -2.69. The SMILES string of the molecule is C.C1CCOC1.CCN(CC)CC.CCO.CCO[SiH](CCCN)OC.CCO[Si](CCCNC(=O)c1ccc(C(=O)c2ccccc2)cc1)(OCC)OCC.O=C(Cl)c1ccc(C(=O)c2ccccc2)cc1. The van der Waals surface area contributed by atoms with E-state index in [1.807, 2.05) is 64.1 Å². The van der Waals surface area contributed by atoms with E-state index >= 15 is 0 Å². The summed E-state index contributed by atoms with van der Waals surface area (Å²) in [6, 6.07) is 32.7. The summed E-state index contributed by atoms with van der Waals surface area (Å²) in [4.78, 5) is 50.1. The van der Waals surface area contributed by atoms with E-state index in [0.717, 1.165) is 38.8 Å². The summed E-state index contributed by atoms with van der Waals surface area (Å²) in [5, 5.41) is 9.96. The number of nitrogens with one attached hydrogen (secondary N) is 1. The third-order valence-electron chi connectivity index (χ3n) is 10.3. The number of carbonyl (C=O) groups is 4. The number of amides is 1. The van der Waals surface area contributed by atoms with Gasteiger partial charge in [0, 0.05) is 99.3 Å². The van der Waals surface area contributed by atoms with Gasteiger partial charge in [0.1, 0.15) is 0 Å². The summed E-state index contributed by atoms with van der Waals surface area (Å²) < 4.78 is 32.9.